The van der Waals surface area contributed by atoms with Crippen LogP contribution in [0.2, 0.25) is 10.0 Å². The zero-order chi connectivity index (χ0) is 26.6. The summed E-state index contributed by atoms with van der Waals surface area (Å²) in [6.07, 6.45) is -2.72. The maximum absolute atomic E-state index is 13.2. The molecule has 11 heteroatoms. The number of halogens is 5. The van der Waals surface area contributed by atoms with Crippen molar-refractivity contribution < 1.29 is 22.8 Å². The van der Waals surface area contributed by atoms with E-state index in [2.05, 4.69) is 10.6 Å². The van der Waals surface area contributed by atoms with Gasteiger partial charge >= 0.3 is 6.18 Å². The van der Waals surface area contributed by atoms with E-state index in [0.29, 0.717) is 23.7 Å². The van der Waals surface area contributed by atoms with Crippen LogP contribution in [0.15, 0.2) is 77.8 Å². The van der Waals surface area contributed by atoms with Gasteiger partial charge in [0.05, 0.1) is 27.6 Å². The van der Waals surface area contributed by atoms with Gasteiger partial charge in [0.1, 0.15) is 0 Å². The number of rotatable bonds is 8. The van der Waals surface area contributed by atoms with Gasteiger partial charge in [-0.2, -0.15) is 13.2 Å². The third-order valence-corrected chi connectivity index (χ3v) is 7.02. The number of nitrogens with zero attached hydrogens (tertiary/aromatic N) is 1. The molecule has 0 spiro atoms. The van der Waals surface area contributed by atoms with Gasteiger partial charge in [0.15, 0.2) is 0 Å². The molecule has 192 valence electrons. The molecule has 0 aliphatic heterocycles. The number of fused-ring (bicyclic) bond motifs is 1. The van der Waals surface area contributed by atoms with E-state index >= 15 is 0 Å². The molecule has 3 aromatic carbocycles. The number of hydrogen-bond acceptors (Lipinski definition) is 3. The first-order chi connectivity index (χ1) is 17.6. The van der Waals surface area contributed by atoms with Crippen LogP contribution in [0.25, 0.3) is 10.9 Å². The molecule has 0 fully saturated rings. The minimum atomic E-state index is -4.57. The number of nitrogens with one attached hydrogen (secondary N) is 2. The van der Waals surface area contributed by atoms with Gasteiger partial charge in [-0.25, -0.2) is 0 Å². The molecule has 0 atom stereocenters. The second-order valence-corrected chi connectivity index (χ2v) is 9.82. The van der Waals surface area contributed by atoms with Gasteiger partial charge < -0.3 is 15.2 Å². The number of amides is 2. The number of benzene rings is 3. The number of thioether (sulfide) groups is 1. The van der Waals surface area contributed by atoms with Crippen LogP contribution < -0.4 is 10.6 Å². The van der Waals surface area contributed by atoms with E-state index in [-0.39, 0.29) is 22.4 Å². The van der Waals surface area contributed by atoms with Crippen LogP contribution in [0.3, 0.4) is 0 Å². The number of carbonyl (C=O) groups excluding carboxylic acids is 2. The molecule has 37 heavy (non-hydrogen) atoms. The van der Waals surface area contributed by atoms with Crippen molar-refractivity contribution in [2.75, 3.05) is 17.6 Å². The lowest BCUT2D eigenvalue weighted by Crippen LogP contribution is -2.27. The summed E-state index contributed by atoms with van der Waals surface area (Å²) >= 11 is 13.2. The predicted octanol–water partition coefficient (Wildman–Crippen LogP) is 7.13. The van der Waals surface area contributed by atoms with Crippen LogP contribution in [0, 0.1) is 0 Å². The zero-order valence-corrected chi connectivity index (χ0v) is 21.4. The maximum Gasteiger partial charge on any atom is 0.418 e. The molecule has 0 aliphatic rings. The number of carbonyl (C=O) groups is 2. The summed E-state index contributed by atoms with van der Waals surface area (Å²) in [5.74, 6) is -0.958. The Balaban J connectivity index is 1.41. The Morgan fingerprint density at radius 1 is 0.973 bits per heavy atom. The predicted molar refractivity (Wildman–Crippen MR) is 142 cm³/mol. The van der Waals surface area contributed by atoms with E-state index in [1.54, 1.807) is 12.1 Å². The van der Waals surface area contributed by atoms with Crippen molar-refractivity contribution in [1.29, 1.82) is 0 Å². The van der Waals surface area contributed by atoms with E-state index in [9.17, 15) is 22.8 Å². The number of para-hydroxylation sites is 2. The molecule has 2 N–H and O–H groups in total. The van der Waals surface area contributed by atoms with Crippen molar-refractivity contribution in [3.63, 3.8) is 0 Å². The van der Waals surface area contributed by atoms with Crippen molar-refractivity contribution in [2.24, 2.45) is 0 Å². The van der Waals surface area contributed by atoms with Crippen molar-refractivity contribution in [3.8, 4) is 0 Å². The average Bonchev–Trinajstić information content (AvgIpc) is 3.20. The summed E-state index contributed by atoms with van der Waals surface area (Å²) in [7, 11) is 0. The Morgan fingerprint density at radius 3 is 2.46 bits per heavy atom. The van der Waals surface area contributed by atoms with Gasteiger partial charge in [-0.05, 0) is 36.4 Å². The smallest absolute Gasteiger partial charge is 0.350 e. The number of anilines is 1. The molecule has 2 amide bonds. The average molecular weight is 566 g/mol. The van der Waals surface area contributed by atoms with Crippen molar-refractivity contribution in [2.45, 2.75) is 17.6 Å². The first-order valence-corrected chi connectivity index (χ1v) is 12.8. The third kappa shape index (κ3) is 6.60. The van der Waals surface area contributed by atoms with E-state index in [1.807, 2.05) is 35.0 Å². The van der Waals surface area contributed by atoms with Crippen molar-refractivity contribution >= 4 is 63.4 Å². The molecule has 0 bridgehead atoms. The molecule has 4 aromatic rings. The highest BCUT2D eigenvalue weighted by atomic mass is 35.5. The molecule has 0 aliphatic carbocycles. The van der Waals surface area contributed by atoms with E-state index in [0.717, 1.165) is 21.9 Å². The Kier molecular flexibility index (Phi) is 8.36. The summed E-state index contributed by atoms with van der Waals surface area (Å²) < 4.78 is 41.6. The van der Waals surface area contributed by atoms with Crippen LogP contribution in [-0.4, -0.2) is 28.7 Å². The van der Waals surface area contributed by atoms with E-state index in [4.69, 9.17) is 23.2 Å². The van der Waals surface area contributed by atoms with Crippen molar-refractivity contribution in [3.05, 3.63) is 94.1 Å². The monoisotopic (exact) mass is 565 g/mol. The number of hydrogen-bond donors (Lipinski definition) is 2. The lowest BCUT2D eigenvalue weighted by atomic mass is 10.1. The Bertz CT molecular complexity index is 1460. The van der Waals surface area contributed by atoms with Gasteiger partial charge in [0.25, 0.3) is 5.91 Å². The lowest BCUT2D eigenvalue weighted by molar-refractivity contribution is -0.137. The second-order valence-electron chi connectivity index (χ2n) is 7.96. The Labute approximate surface area is 224 Å². The molecule has 0 radical (unpaired) electrons. The maximum atomic E-state index is 13.2. The van der Waals surface area contributed by atoms with Gasteiger partial charge in [0, 0.05) is 40.1 Å². The van der Waals surface area contributed by atoms with Crippen LogP contribution >= 0.6 is 35.0 Å². The summed E-state index contributed by atoms with van der Waals surface area (Å²) in [5, 5.41) is 6.77. The zero-order valence-electron chi connectivity index (χ0n) is 19.1. The summed E-state index contributed by atoms with van der Waals surface area (Å²) in [6.45, 7) is 0.762. The largest absolute Gasteiger partial charge is 0.418 e. The molecule has 0 saturated heterocycles. The molecular weight excluding hydrogens is 546 g/mol. The highest BCUT2D eigenvalue weighted by molar-refractivity contribution is 8.00. The summed E-state index contributed by atoms with van der Waals surface area (Å²) in [4.78, 5) is 25.7. The normalized spacial score (nSPS) is 11.5. The molecule has 1 aromatic heterocycles. The first kappa shape index (κ1) is 26.9. The minimum Gasteiger partial charge on any atom is -0.350 e. The first-order valence-electron chi connectivity index (χ1n) is 11.0. The summed E-state index contributed by atoms with van der Waals surface area (Å²) in [5.41, 5.74) is 0.0378. The van der Waals surface area contributed by atoms with Crippen LogP contribution in [-0.2, 0) is 17.5 Å². The van der Waals surface area contributed by atoms with Gasteiger partial charge in [-0.15, -0.1) is 11.8 Å². The molecule has 0 unspecified atom stereocenters. The number of alkyl halides is 3. The number of aromatic nitrogens is 1. The lowest BCUT2D eigenvalue weighted by Gasteiger charge is -2.13. The molecule has 5 nitrogen and oxygen atoms in total. The Hall–Kier alpha value is -3.14. The molecule has 1 heterocycles. The fraction of sp³-hybridized carbons (Fsp3) is 0.154. The van der Waals surface area contributed by atoms with Gasteiger partial charge in [-0.1, -0.05) is 53.5 Å². The minimum absolute atomic E-state index is 0.0774. The summed E-state index contributed by atoms with van der Waals surface area (Å²) in [6, 6.07) is 17.0. The van der Waals surface area contributed by atoms with Crippen LogP contribution in [0.4, 0.5) is 18.9 Å². The fourth-order valence-corrected chi connectivity index (χ4v) is 5.12. The molecule has 0 saturated carbocycles. The molecule has 4 rings (SSSR count). The van der Waals surface area contributed by atoms with Crippen LogP contribution in [0.1, 0.15) is 15.9 Å². The van der Waals surface area contributed by atoms with Crippen molar-refractivity contribution in [1.82, 2.24) is 9.88 Å². The van der Waals surface area contributed by atoms with Gasteiger partial charge in [-0.3, -0.25) is 9.59 Å². The van der Waals surface area contributed by atoms with Gasteiger partial charge in [0.2, 0.25) is 5.91 Å². The Morgan fingerprint density at radius 2 is 1.70 bits per heavy atom. The van der Waals surface area contributed by atoms with E-state index in [1.165, 1.54) is 36.0 Å². The molecular formula is C26H20Cl2F3N3O2S. The second kappa shape index (κ2) is 11.5. The SMILES string of the molecule is O=C(CSc1cn(CCNC(=O)c2ccc(Cl)cc2Cl)c2ccccc12)Nc1ccccc1C(F)(F)F. The van der Waals surface area contributed by atoms with E-state index < -0.39 is 17.6 Å². The fourth-order valence-electron chi connectivity index (χ4n) is 3.74. The topological polar surface area (TPSA) is 63.1 Å². The highest BCUT2D eigenvalue weighted by Crippen LogP contribution is 2.35. The standard InChI is InChI=1S/C26H20Cl2F3N3O2S/c27-16-9-10-17(20(28)13-16)25(36)32-11-12-34-14-23(18-5-1-4-8-22(18)34)37-15-24(35)33-21-7-3-2-6-19(21)26(29,30)31/h1-10,13-14H,11-12,15H2,(H,32,36)(H,33,35). The highest BCUT2D eigenvalue weighted by Gasteiger charge is 2.33. The van der Waals surface area contributed by atoms with Crippen LogP contribution in [0.5, 0.6) is 0 Å². The third-order valence-electron chi connectivity index (χ3n) is 5.43. The quantitative estimate of drug-likeness (QED) is 0.223.